The molecule has 2 heterocycles. The standard InChI is InChI=1S/C17H20N2O2S/c1-12(2)22-15-5-3-13(4-6-15)9-17(20)19-8-7-16-14(11-19)10-18-21-16/h3-6,10,12H,7-9,11H2,1-2H3. The van der Waals surface area contributed by atoms with Gasteiger partial charge >= 0.3 is 0 Å². The third-order valence-corrected chi connectivity index (χ3v) is 4.72. The first kappa shape index (κ1) is 15.2. The molecule has 0 atom stereocenters. The number of thioether (sulfide) groups is 1. The Hall–Kier alpha value is -1.75. The first-order valence-electron chi connectivity index (χ1n) is 7.57. The molecule has 1 amide bonds. The number of benzene rings is 1. The molecule has 0 saturated heterocycles. The Bertz CT molecular complexity index is 649. The van der Waals surface area contributed by atoms with Crippen molar-refractivity contribution in [1.82, 2.24) is 10.1 Å². The number of aromatic nitrogens is 1. The van der Waals surface area contributed by atoms with Gasteiger partial charge in [0.25, 0.3) is 0 Å². The Morgan fingerprint density at radius 1 is 1.36 bits per heavy atom. The smallest absolute Gasteiger partial charge is 0.227 e. The molecule has 5 heteroatoms. The third-order valence-electron chi connectivity index (χ3n) is 3.70. The van der Waals surface area contributed by atoms with Crippen LogP contribution >= 0.6 is 11.8 Å². The van der Waals surface area contributed by atoms with E-state index in [9.17, 15) is 4.79 Å². The topological polar surface area (TPSA) is 46.3 Å². The molecule has 4 nitrogen and oxygen atoms in total. The molecule has 22 heavy (non-hydrogen) atoms. The fourth-order valence-electron chi connectivity index (χ4n) is 2.60. The highest BCUT2D eigenvalue weighted by Crippen LogP contribution is 2.23. The van der Waals surface area contributed by atoms with Crippen LogP contribution in [-0.4, -0.2) is 27.8 Å². The van der Waals surface area contributed by atoms with E-state index in [-0.39, 0.29) is 5.91 Å². The average molecular weight is 316 g/mol. The van der Waals surface area contributed by atoms with Gasteiger partial charge in [0, 0.05) is 28.7 Å². The maximum atomic E-state index is 12.4. The predicted molar refractivity (Wildman–Crippen MR) is 86.8 cm³/mol. The Balaban J connectivity index is 1.60. The third kappa shape index (κ3) is 3.53. The monoisotopic (exact) mass is 316 g/mol. The minimum absolute atomic E-state index is 0.163. The zero-order chi connectivity index (χ0) is 15.5. The van der Waals surface area contributed by atoms with Crippen LogP contribution in [0.1, 0.15) is 30.7 Å². The molecule has 0 saturated carbocycles. The predicted octanol–water partition coefficient (Wildman–Crippen LogP) is 3.30. The Morgan fingerprint density at radius 3 is 2.86 bits per heavy atom. The van der Waals surface area contributed by atoms with Crippen LogP contribution < -0.4 is 0 Å². The van der Waals surface area contributed by atoms with Gasteiger partial charge in [-0.15, -0.1) is 11.8 Å². The van der Waals surface area contributed by atoms with E-state index in [2.05, 4.69) is 43.3 Å². The van der Waals surface area contributed by atoms with Gasteiger partial charge in [-0.3, -0.25) is 4.79 Å². The summed E-state index contributed by atoms with van der Waals surface area (Å²) in [6.45, 7) is 5.68. The number of fused-ring (bicyclic) bond motifs is 1. The van der Waals surface area contributed by atoms with Gasteiger partial charge in [-0.25, -0.2) is 0 Å². The second kappa shape index (κ2) is 6.57. The highest BCUT2D eigenvalue weighted by atomic mass is 32.2. The molecule has 116 valence electrons. The van der Waals surface area contributed by atoms with Gasteiger partial charge in [0.2, 0.25) is 5.91 Å². The van der Waals surface area contributed by atoms with E-state index in [0.29, 0.717) is 24.8 Å². The van der Waals surface area contributed by atoms with Crippen LogP contribution in [-0.2, 0) is 24.2 Å². The summed E-state index contributed by atoms with van der Waals surface area (Å²) in [4.78, 5) is 15.6. The number of nitrogens with zero attached hydrogens (tertiary/aromatic N) is 2. The molecule has 0 unspecified atom stereocenters. The summed E-state index contributed by atoms with van der Waals surface area (Å²) >= 11 is 1.83. The van der Waals surface area contributed by atoms with E-state index in [0.717, 1.165) is 23.3 Å². The lowest BCUT2D eigenvalue weighted by molar-refractivity contribution is -0.131. The number of carbonyl (C=O) groups is 1. The van der Waals surface area contributed by atoms with Gasteiger partial charge in [0.15, 0.2) is 0 Å². The second-order valence-corrected chi connectivity index (χ2v) is 7.48. The van der Waals surface area contributed by atoms with Crippen LogP contribution in [0.15, 0.2) is 39.9 Å². The molecule has 1 aliphatic rings. The summed E-state index contributed by atoms with van der Waals surface area (Å²) in [5, 5.41) is 4.37. The van der Waals surface area contributed by atoms with Gasteiger partial charge in [-0.2, -0.15) is 0 Å². The molecular weight excluding hydrogens is 296 g/mol. The van der Waals surface area contributed by atoms with Crippen molar-refractivity contribution in [3.8, 4) is 0 Å². The maximum absolute atomic E-state index is 12.4. The average Bonchev–Trinajstić information content (AvgIpc) is 2.96. The van der Waals surface area contributed by atoms with Crippen LogP contribution in [0.25, 0.3) is 0 Å². The highest BCUT2D eigenvalue weighted by Gasteiger charge is 2.23. The normalized spacial score (nSPS) is 14.2. The van der Waals surface area contributed by atoms with Crippen LogP contribution in [0.3, 0.4) is 0 Å². The van der Waals surface area contributed by atoms with Crippen LogP contribution in [0, 0.1) is 0 Å². The summed E-state index contributed by atoms with van der Waals surface area (Å²) in [7, 11) is 0. The number of hydrogen-bond acceptors (Lipinski definition) is 4. The maximum Gasteiger partial charge on any atom is 0.227 e. The van der Waals surface area contributed by atoms with Crippen molar-refractivity contribution in [3.63, 3.8) is 0 Å². The van der Waals surface area contributed by atoms with Crippen LogP contribution in [0.5, 0.6) is 0 Å². The van der Waals surface area contributed by atoms with Crippen molar-refractivity contribution in [2.45, 2.75) is 43.4 Å². The van der Waals surface area contributed by atoms with E-state index in [4.69, 9.17) is 4.52 Å². The Kier molecular flexibility index (Phi) is 4.52. The van der Waals surface area contributed by atoms with E-state index in [1.807, 2.05) is 16.7 Å². The van der Waals surface area contributed by atoms with E-state index in [1.54, 1.807) is 6.20 Å². The fraction of sp³-hybridized carbons (Fsp3) is 0.412. The first-order valence-corrected chi connectivity index (χ1v) is 8.45. The number of rotatable bonds is 4. The molecule has 2 aromatic rings. The fourth-order valence-corrected chi connectivity index (χ4v) is 3.44. The first-order chi connectivity index (χ1) is 10.6. The number of carbonyl (C=O) groups excluding carboxylic acids is 1. The summed E-state index contributed by atoms with van der Waals surface area (Å²) in [5.41, 5.74) is 2.09. The molecule has 1 aromatic heterocycles. The van der Waals surface area contributed by atoms with Crippen molar-refractivity contribution < 1.29 is 9.32 Å². The van der Waals surface area contributed by atoms with Gasteiger partial charge in [0.05, 0.1) is 19.2 Å². The van der Waals surface area contributed by atoms with Crippen molar-refractivity contribution in [1.29, 1.82) is 0 Å². The molecule has 0 spiro atoms. The summed E-state index contributed by atoms with van der Waals surface area (Å²) in [5.74, 6) is 1.08. The minimum atomic E-state index is 0.163. The molecule has 0 fully saturated rings. The van der Waals surface area contributed by atoms with Crippen molar-refractivity contribution in [3.05, 3.63) is 47.3 Å². The number of amides is 1. The molecule has 3 rings (SSSR count). The zero-order valence-electron chi connectivity index (χ0n) is 12.9. The lowest BCUT2D eigenvalue weighted by Crippen LogP contribution is -2.36. The van der Waals surface area contributed by atoms with Crippen molar-refractivity contribution >= 4 is 17.7 Å². The zero-order valence-corrected chi connectivity index (χ0v) is 13.7. The molecule has 0 N–H and O–H groups in total. The molecular formula is C17H20N2O2S. The Morgan fingerprint density at radius 2 is 2.14 bits per heavy atom. The van der Waals surface area contributed by atoms with Gasteiger partial charge in [-0.1, -0.05) is 31.1 Å². The summed E-state index contributed by atoms with van der Waals surface area (Å²) in [6.07, 6.45) is 2.92. The van der Waals surface area contributed by atoms with Crippen LogP contribution in [0.2, 0.25) is 0 Å². The summed E-state index contributed by atoms with van der Waals surface area (Å²) in [6, 6.07) is 8.30. The van der Waals surface area contributed by atoms with Crippen molar-refractivity contribution in [2.75, 3.05) is 6.54 Å². The van der Waals surface area contributed by atoms with E-state index in [1.165, 1.54) is 4.90 Å². The molecule has 0 bridgehead atoms. The molecule has 0 aliphatic carbocycles. The minimum Gasteiger partial charge on any atom is -0.361 e. The molecule has 1 aliphatic heterocycles. The number of hydrogen-bond donors (Lipinski definition) is 0. The SMILES string of the molecule is CC(C)Sc1ccc(CC(=O)N2CCc3oncc3C2)cc1. The highest BCUT2D eigenvalue weighted by molar-refractivity contribution is 7.99. The quantitative estimate of drug-likeness (QED) is 0.812. The van der Waals surface area contributed by atoms with Gasteiger partial charge < -0.3 is 9.42 Å². The van der Waals surface area contributed by atoms with Gasteiger partial charge in [-0.05, 0) is 17.7 Å². The lowest BCUT2D eigenvalue weighted by atomic mass is 10.1. The molecule has 0 radical (unpaired) electrons. The van der Waals surface area contributed by atoms with Crippen LogP contribution in [0.4, 0.5) is 0 Å². The largest absolute Gasteiger partial charge is 0.361 e. The Labute approximate surface area is 134 Å². The van der Waals surface area contributed by atoms with Crippen molar-refractivity contribution in [2.24, 2.45) is 0 Å². The summed E-state index contributed by atoms with van der Waals surface area (Å²) < 4.78 is 5.16. The molecule has 1 aromatic carbocycles. The van der Waals surface area contributed by atoms with E-state index >= 15 is 0 Å². The van der Waals surface area contributed by atoms with Gasteiger partial charge in [0.1, 0.15) is 5.76 Å². The van der Waals surface area contributed by atoms with E-state index < -0.39 is 0 Å². The lowest BCUT2D eigenvalue weighted by Gasteiger charge is -2.25. The second-order valence-electron chi connectivity index (χ2n) is 5.83.